The molecule has 0 saturated carbocycles. The van der Waals surface area contributed by atoms with E-state index in [2.05, 4.69) is 42.2 Å². The average Bonchev–Trinajstić information content (AvgIpc) is 2.40. The quantitative estimate of drug-likeness (QED) is 0.844. The van der Waals surface area contributed by atoms with Crippen molar-refractivity contribution in [1.82, 2.24) is 4.90 Å². The van der Waals surface area contributed by atoms with Crippen LogP contribution in [0.1, 0.15) is 31.4 Å². The third-order valence-corrected chi connectivity index (χ3v) is 3.74. The summed E-state index contributed by atoms with van der Waals surface area (Å²) in [4.78, 5) is 2.40. The van der Waals surface area contributed by atoms with E-state index in [0.29, 0.717) is 6.04 Å². The van der Waals surface area contributed by atoms with Gasteiger partial charge in [0.2, 0.25) is 0 Å². The second-order valence-electron chi connectivity index (χ2n) is 4.89. The van der Waals surface area contributed by atoms with Gasteiger partial charge in [-0.1, -0.05) is 30.3 Å². The summed E-state index contributed by atoms with van der Waals surface area (Å²) >= 11 is 0. The Morgan fingerprint density at radius 1 is 1.29 bits per heavy atom. The molecule has 0 bridgehead atoms. The van der Waals surface area contributed by atoms with Gasteiger partial charge in [-0.3, -0.25) is 4.90 Å². The van der Waals surface area contributed by atoms with Gasteiger partial charge in [0.1, 0.15) is 5.54 Å². The van der Waals surface area contributed by atoms with Crippen LogP contribution in [-0.4, -0.2) is 23.5 Å². The van der Waals surface area contributed by atoms with E-state index in [9.17, 15) is 0 Å². The summed E-state index contributed by atoms with van der Waals surface area (Å²) in [5.74, 6) is 0. The minimum absolute atomic E-state index is 0.402. The van der Waals surface area contributed by atoms with Gasteiger partial charge in [-0.05, 0) is 25.3 Å². The van der Waals surface area contributed by atoms with E-state index in [4.69, 9.17) is 11.0 Å². The van der Waals surface area contributed by atoms with Crippen molar-refractivity contribution in [2.24, 2.45) is 5.73 Å². The Bertz CT molecular complexity index is 399. The van der Waals surface area contributed by atoms with E-state index < -0.39 is 5.54 Å². The van der Waals surface area contributed by atoms with Crippen LogP contribution in [0.4, 0.5) is 0 Å². The standard InChI is InChI=1S/C14H19N3/c1-12(13-5-3-2-4-6-13)17-9-7-14(16,11-15)8-10-17/h2-6,12H,7-10,16H2,1H3. The van der Waals surface area contributed by atoms with Crippen molar-refractivity contribution in [2.45, 2.75) is 31.3 Å². The molecule has 1 saturated heterocycles. The molecule has 2 N–H and O–H groups in total. The Morgan fingerprint density at radius 2 is 1.88 bits per heavy atom. The number of nitrogens with two attached hydrogens (primary N) is 1. The lowest BCUT2D eigenvalue weighted by Crippen LogP contribution is -2.49. The van der Waals surface area contributed by atoms with E-state index in [1.54, 1.807) is 0 Å². The fourth-order valence-electron chi connectivity index (χ4n) is 2.36. The molecule has 1 aromatic carbocycles. The van der Waals surface area contributed by atoms with Crippen LogP contribution in [0.5, 0.6) is 0 Å². The highest BCUT2D eigenvalue weighted by Gasteiger charge is 2.32. The van der Waals surface area contributed by atoms with Gasteiger partial charge in [-0.25, -0.2) is 0 Å². The molecule has 17 heavy (non-hydrogen) atoms. The zero-order valence-corrected chi connectivity index (χ0v) is 10.3. The lowest BCUT2D eigenvalue weighted by atomic mass is 9.89. The number of nitriles is 1. The van der Waals surface area contributed by atoms with Crippen molar-refractivity contribution in [2.75, 3.05) is 13.1 Å². The molecule has 0 radical (unpaired) electrons. The summed E-state index contributed by atoms with van der Waals surface area (Å²) < 4.78 is 0. The molecule has 0 aromatic heterocycles. The smallest absolute Gasteiger partial charge is 0.106 e. The zero-order valence-electron chi connectivity index (χ0n) is 10.3. The van der Waals surface area contributed by atoms with Crippen LogP contribution in [0, 0.1) is 11.3 Å². The van der Waals surface area contributed by atoms with Crippen LogP contribution < -0.4 is 5.73 Å². The Balaban J connectivity index is 2.00. The summed E-state index contributed by atoms with van der Waals surface area (Å²) in [7, 11) is 0. The van der Waals surface area contributed by atoms with Crippen molar-refractivity contribution in [3.8, 4) is 6.07 Å². The molecular weight excluding hydrogens is 210 g/mol. The SMILES string of the molecule is CC(c1ccccc1)N1CCC(N)(C#N)CC1. The van der Waals surface area contributed by atoms with Gasteiger partial charge >= 0.3 is 0 Å². The first-order valence-electron chi connectivity index (χ1n) is 6.14. The maximum atomic E-state index is 9.00. The van der Waals surface area contributed by atoms with Gasteiger partial charge in [-0.2, -0.15) is 5.26 Å². The average molecular weight is 229 g/mol. The first-order valence-corrected chi connectivity index (χ1v) is 6.14. The van der Waals surface area contributed by atoms with Crippen molar-refractivity contribution in [1.29, 1.82) is 5.26 Å². The molecule has 0 aliphatic carbocycles. The Morgan fingerprint density at radius 3 is 2.41 bits per heavy atom. The third kappa shape index (κ3) is 2.66. The molecule has 1 aliphatic rings. The summed E-state index contributed by atoms with van der Waals surface area (Å²) in [6.07, 6.45) is 1.53. The highest BCUT2D eigenvalue weighted by molar-refractivity contribution is 5.19. The molecule has 1 aromatic rings. The molecule has 2 rings (SSSR count). The predicted molar refractivity (Wildman–Crippen MR) is 68.2 cm³/mol. The van der Waals surface area contributed by atoms with Crippen molar-refractivity contribution in [3.63, 3.8) is 0 Å². The molecule has 1 aliphatic heterocycles. The highest BCUT2D eigenvalue weighted by Crippen LogP contribution is 2.27. The monoisotopic (exact) mass is 229 g/mol. The Kier molecular flexibility index (Phi) is 3.46. The van der Waals surface area contributed by atoms with Gasteiger partial charge in [-0.15, -0.1) is 0 Å². The van der Waals surface area contributed by atoms with Crippen LogP contribution in [0.15, 0.2) is 30.3 Å². The van der Waals surface area contributed by atoms with Gasteiger partial charge in [0, 0.05) is 19.1 Å². The zero-order chi connectivity index (χ0) is 12.3. The number of benzene rings is 1. The Labute approximate surface area is 103 Å². The van der Waals surface area contributed by atoms with Crippen molar-refractivity contribution in [3.05, 3.63) is 35.9 Å². The van der Waals surface area contributed by atoms with Crippen LogP contribution >= 0.6 is 0 Å². The topological polar surface area (TPSA) is 53.0 Å². The maximum Gasteiger partial charge on any atom is 0.106 e. The van der Waals surface area contributed by atoms with Gasteiger partial charge in [0.15, 0.2) is 0 Å². The predicted octanol–water partition coefficient (Wildman–Crippen LogP) is 2.06. The number of piperidine rings is 1. The van der Waals surface area contributed by atoms with E-state index in [1.807, 2.05) is 6.07 Å². The summed E-state index contributed by atoms with van der Waals surface area (Å²) in [6.45, 7) is 4.02. The van der Waals surface area contributed by atoms with Crippen LogP contribution in [0.2, 0.25) is 0 Å². The first-order chi connectivity index (χ1) is 8.14. The van der Waals surface area contributed by atoms with Crippen molar-refractivity contribution < 1.29 is 0 Å². The fourth-order valence-corrected chi connectivity index (χ4v) is 2.36. The number of rotatable bonds is 2. The molecule has 3 heteroatoms. The minimum Gasteiger partial charge on any atom is -0.313 e. The summed E-state index contributed by atoms with van der Waals surface area (Å²) in [5.41, 5.74) is 6.70. The van der Waals surface area contributed by atoms with Gasteiger partial charge in [0.05, 0.1) is 6.07 Å². The normalized spacial score (nSPS) is 21.7. The lowest BCUT2D eigenvalue weighted by molar-refractivity contribution is 0.144. The molecule has 0 spiro atoms. The second kappa shape index (κ2) is 4.87. The van der Waals surface area contributed by atoms with Gasteiger partial charge in [0.25, 0.3) is 0 Å². The number of likely N-dealkylation sites (tertiary alicyclic amines) is 1. The van der Waals surface area contributed by atoms with E-state index >= 15 is 0 Å². The van der Waals surface area contributed by atoms with E-state index in [0.717, 1.165) is 25.9 Å². The number of hydrogen-bond acceptors (Lipinski definition) is 3. The van der Waals surface area contributed by atoms with E-state index in [1.165, 1.54) is 5.56 Å². The van der Waals surface area contributed by atoms with Crippen LogP contribution in [-0.2, 0) is 0 Å². The summed E-state index contributed by atoms with van der Waals surface area (Å²) in [6, 6.07) is 13.1. The van der Waals surface area contributed by atoms with Crippen molar-refractivity contribution >= 4 is 0 Å². The van der Waals surface area contributed by atoms with E-state index in [-0.39, 0.29) is 0 Å². The molecule has 1 fully saturated rings. The first kappa shape index (κ1) is 12.1. The fraction of sp³-hybridized carbons (Fsp3) is 0.500. The largest absolute Gasteiger partial charge is 0.313 e. The molecular formula is C14H19N3. The molecule has 3 nitrogen and oxygen atoms in total. The third-order valence-electron chi connectivity index (χ3n) is 3.74. The molecule has 1 atom stereocenters. The molecule has 1 heterocycles. The van der Waals surface area contributed by atoms with Crippen LogP contribution in [0.25, 0.3) is 0 Å². The second-order valence-corrected chi connectivity index (χ2v) is 4.89. The molecule has 90 valence electrons. The van der Waals surface area contributed by atoms with Gasteiger partial charge < -0.3 is 5.73 Å². The molecule has 1 unspecified atom stereocenters. The lowest BCUT2D eigenvalue weighted by Gasteiger charge is -2.38. The highest BCUT2D eigenvalue weighted by atomic mass is 15.2. The Hall–Kier alpha value is -1.37. The summed E-state index contributed by atoms with van der Waals surface area (Å²) in [5, 5.41) is 9.00. The van der Waals surface area contributed by atoms with Crippen LogP contribution in [0.3, 0.4) is 0 Å². The maximum absolute atomic E-state index is 9.00. The molecule has 0 amide bonds. The number of hydrogen-bond donors (Lipinski definition) is 1. The number of nitrogens with zero attached hydrogens (tertiary/aromatic N) is 2. The minimum atomic E-state index is -0.604.